The Balaban J connectivity index is 1.97. The Morgan fingerprint density at radius 3 is 2.59 bits per heavy atom. The molecule has 1 aromatic heterocycles. The van der Waals surface area contributed by atoms with E-state index in [2.05, 4.69) is 41.6 Å². The highest BCUT2D eigenvalue weighted by Gasteiger charge is 2.39. The van der Waals surface area contributed by atoms with Crippen LogP contribution in [0.2, 0.25) is 0 Å². The summed E-state index contributed by atoms with van der Waals surface area (Å²) in [6.45, 7) is 8.93. The zero-order chi connectivity index (χ0) is 16.2. The third-order valence-corrected chi connectivity index (χ3v) is 5.32. The molecular weight excluding hydrogens is 300 g/mol. The summed E-state index contributed by atoms with van der Waals surface area (Å²) in [4.78, 5) is 12.6. The molecule has 1 fully saturated rings. The Kier molecular flexibility index (Phi) is 5.52. The van der Waals surface area contributed by atoms with Crippen LogP contribution in [-0.4, -0.2) is 42.9 Å². The van der Waals surface area contributed by atoms with Crippen molar-refractivity contribution in [2.24, 2.45) is 5.41 Å². The number of carbonyl (C=O) groups excluding carboxylic acids is 1. The Labute approximate surface area is 136 Å². The van der Waals surface area contributed by atoms with Gasteiger partial charge in [0.2, 0.25) is 5.91 Å². The molecule has 7 heteroatoms. The zero-order valence-electron chi connectivity index (χ0n) is 13.9. The summed E-state index contributed by atoms with van der Waals surface area (Å²) in [5, 5.41) is 16.5. The van der Waals surface area contributed by atoms with E-state index in [1.807, 2.05) is 0 Å². The zero-order valence-corrected chi connectivity index (χ0v) is 14.7. The van der Waals surface area contributed by atoms with Crippen molar-refractivity contribution < 1.29 is 9.53 Å². The fraction of sp³-hybridized carbons (Fsp3) is 0.800. The van der Waals surface area contributed by atoms with Gasteiger partial charge in [0.1, 0.15) is 10.0 Å². The van der Waals surface area contributed by atoms with Gasteiger partial charge in [0, 0.05) is 12.5 Å². The van der Waals surface area contributed by atoms with Crippen LogP contribution in [0.3, 0.4) is 0 Å². The number of nitrogens with one attached hydrogen (secondary N) is 2. The average molecular weight is 326 g/mol. The second-order valence-electron chi connectivity index (χ2n) is 6.90. The molecule has 1 aliphatic heterocycles. The summed E-state index contributed by atoms with van der Waals surface area (Å²) in [5.74, 6) is 0.0587. The first-order chi connectivity index (χ1) is 10.4. The molecule has 0 saturated carbocycles. The molecule has 22 heavy (non-hydrogen) atoms. The summed E-state index contributed by atoms with van der Waals surface area (Å²) in [6, 6.07) is 0. The second kappa shape index (κ2) is 7.02. The van der Waals surface area contributed by atoms with Gasteiger partial charge in [0.15, 0.2) is 0 Å². The van der Waals surface area contributed by atoms with Gasteiger partial charge in [0.05, 0.1) is 18.6 Å². The minimum atomic E-state index is -0.419. The first-order valence-electron chi connectivity index (χ1n) is 7.68. The van der Waals surface area contributed by atoms with Crippen LogP contribution in [0.4, 0.5) is 0 Å². The summed E-state index contributed by atoms with van der Waals surface area (Å²) in [7, 11) is 1.65. The molecule has 0 unspecified atom stereocenters. The van der Waals surface area contributed by atoms with E-state index in [1.54, 1.807) is 18.4 Å². The Bertz CT molecular complexity index is 498. The standard InChI is InChI=1S/C15H26N4O2S/c1-14(2,3)13-19-18-11(22-13)9-17-12(20)15(10-21-4)5-7-16-8-6-15/h16H,5-10H2,1-4H3,(H,17,20). The lowest BCUT2D eigenvalue weighted by Crippen LogP contribution is -2.49. The number of methoxy groups -OCH3 is 1. The normalized spacial score (nSPS) is 18.2. The van der Waals surface area contributed by atoms with Crippen molar-refractivity contribution in [2.75, 3.05) is 26.8 Å². The van der Waals surface area contributed by atoms with Crippen LogP contribution in [0.15, 0.2) is 0 Å². The fourth-order valence-corrected chi connectivity index (χ4v) is 3.43. The van der Waals surface area contributed by atoms with Crippen molar-refractivity contribution in [3.63, 3.8) is 0 Å². The maximum atomic E-state index is 12.6. The van der Waals surface area contributed by atoms with Crippen molar-refractivity contribution in [1.82, 2.24) is 20.8 Å². The number of hydrogen-bond donors (Lipinski definition) is 2. The minimum Gasteiger partial charge on any atom is -0.384 e. The number of hydrogen-bond acceptors (Lipinski definition) is 6. The van der Waals surface area contributed by atoms with Crippen LogP contribution < -0.4 is 10.6 Å². The molecule has 1 aliphatic rings. The molecule has 2 rings (SSSR count). The first-order valence-corrected chi connectivity index (χ1v) is 8.50. The van der Waals surface area contributed by atoms with Crippen molar-refractivity contribution in [3.8, 4) is 0 Å². The molecule has 2 N–H and O–H groups in total. The predicted octanol–water partition coefficient (Wildman–Crippen LogP) is 1.47. The van der Waals surface area contributed by atoms with Crippen LogP contribution in [0.5, 0.6) is 0 Å². The number of rotatable bonds is 5. The van der Waals surface area contributed by atoms with Crippen molar-refractivity contribution >= 4 is 17.2 Å². The molecule has 0 aliphatic carbocycles. The molecule has 0 radical (unpaired) electrons. The molecule has 0 spiro atoms. The molecule has 6 nitrogen and oxygen atoms in total. The van der Waals surface area contributed by atoms with Gasteiger partial charge in [-0.2, -0.15) is 0 Å². The molecule has 1 amide bonds. The number of ether oxygens (including phenoxy) is 1. The number of aromatic nitrogens is 2. The minimum absolute atomic E-state index is 0.00770. The molecule has 2 heterocycles. The highest BCUT2D eigenvalue weighted by atomic mass is 32.1. The van der Waals surface area contributed by atoms with Gasteiger partial charge in [-0.15, -0.1) is 10.2 Å². The van der Waals surface area contributed by atoms with Gasteiger partial charge in [0.25, 0.3) is 0 Å². The topological polar surface area (TPSA) is 76.1 Å². The number of carbonyl (C=O) groups is 1. The summed E-state index contributed by atoms with van der Waals surface area (Å²) in [5.41, 5.74) is -0.427. The molecular formula is C15H26N4O2S. The Morgan fingerprint density at radius 1 is 1.36 bits per heavy atom. The largest absolute Gasteiger partial charge is 0.384 e. The molecule has 1 aromatic rings. The Hall–Kier alpha value is -1.05. The van der Waals surface area contributed by atoms with Crippen LogP contribution in [0, 0.1) is 5.41 Å². The van der Waals surface area contributed by atoms with E-state index in [0.717, 1.165) is 35.9 Å². The molecule has 1 saturated heterocycles. The van der Waals surface area contributed by atoms with Crippen molar-refractivity contribution in [1.29, 1.82) is 0 Å². The van der Waals surface area contributed by atoms with E-state index in [-0.39, 0.29) is 11.3 Å². The molecule has 0 atom stereocenters. The van der Waals surface area contributed by atoms with Gasteiger partial charge < -0.3 is 15.4 Å². The molecule has 0 aromatic carbocycles. The number of piperidine rings is 1. The van der Waals surface area contributed by atoms with Crippen molar-refractivity contribution in [2.45, 2.75) is 45.6 Å². The second-order valence-corrected chi connectivity index (χ2v) is 7.96. The van der Waals surface area contributed by atoms with Crippen LogP contribution in [-0.2, 0) is 21.5 Å². The van der Waals surface area contributed by atoms with Gasteiger partial charge in [-0.3, -0.25) is 4.79 Å². The van der Waals surface area contributed by atoms with E-state index in [4.69, 9.17) is 4.74 Å². The van der Waals surface area contributed by atoms with Crippen LogP contribution in [0.1, 0.15) is 43.6 Å². The summed E-state index contributed by atoms with van der Waals surface area (Å²) < 4.78 is 5.29. The van der Waals surface area contributed by atoms with E-state index in [9.17, 15) is 4.79 Å². The van der Waals surface area contributed by atoms with Gasteiger partial charge in [-0.25, -0.2) is 0 Å². The van der Waals surface area contributed by atoms with E-state index in [0.29, 0.717) is 13.2 Å². The van der Waals surface area contributed by atoms with E-state index >= 15 is 0 Å². The van der Waals surface area contributed by atoms with Crippen LogP contribution >= 0.6 is 11.3 Å². The van der Waals surface area contributed by atoms with E-state index in [1.165, 1.54) is 0 Å². The highest BCUT2D eigenvalue weighted by Crippen LogP contribution is 2.30. The average Bonchev–Trinajstić information content (AvgIpc) is 2.95. The molecule has 124 valence electrons. The Morgan fingerprint density at radius 2 is 2.05 bits per heavy atom. The SMILES string of the molecule is COCC1(C(=O)NCc2nnc(C(C)(C)C)s2)CCNCC1. The predicted molar refractivity (Wildman–Crippen MR) is 86.9 cm³/mol. The lowest BCUT2D eigenvalue weighted by molar-refractivity contribution is -0.136. The third kappa shape index (κ3) is 4.02. The highest BCUT2D eigenvalue weighted by molar-refractivity contribution is 7.11. The first kappa shape index (κ1) is 17.3. The van der Waals surface area contributed by atoms with Gasteiger partial charge >= 0.3 is 0 Å². The number of amides is 1. The van der Waals surface area contributed by atoms with Gasteiger partial charge in [-0.1, -0.05) is 32.1 Å². The lowest BCUT2D eigenvalue weighted by atomic mass is 9.78. The summed E-state index contributed by atoms with van der Waals surface area (Å²) >= 11 is 1.56. The quantitative estimate of drug-likeness (QED) is 0.857. The smallest absolute Gasteiger partial charge is 0.229 e. The summed E-state index contributed by atoms with van der Waals surface area (Å²) in [6.07, 6.45) is 1.60. The maximum absolute atomic E-state index is 12.6. The maximum Gasteiger partial charge on any atom is 0.229 e. The monoisotopic (exact) mass is 326 g/mol. The van der Waals surface area contributed by atoms with Crippen LogP contribution in [0.25, 0.3) is 0 Å². The molecule has 0 bridgehead atoms. The fourth-order valence-electron chi connectivity index (χ4n) is 2.59. The third-order valence-electron chi connectivity index (χ3n) is 3.97. The number of nitrogens with zero attached hydrogens (tertiary/aromatic N) is 2. The van der Waals surface area contributed by atoms with Crippen molar-refractivity contribution in [3.05, 3.63) is 10.0 Å². The lowest BCUT2D eigenvalue weighted by Gasteiger charge is -2.35. The van der Waals surface area contributed by atoms with E-state index < -0.39 is 5.41 Å². The van der Waals surface area contributed by atoms with Gasteiger partial charge in [-0.05, 0) is 25.9 Å².